The predicted molar refractivity (Wildman–Crippen MR) is 121 cm³/mol. The largest absolute Gasteiger partial charge is 0.350 e. The van der Waals surface area contributed by atoms with Crippen LogP contribution in [-0.2, 0) is 20.9 Å². The van der Waals surface area contributed by atoms with Gasteiger partial charge in [-0.1, -0.05) is 29.8 Å². The lowest BCUT2D eigenvalue weighted by Crippen LogP contribution is -2.51. The maximum atomic E-state index is 12.6. The van der Waals surface area contributed by atoms with Gasteiger partial charge >= 0.3 is 0 Å². The average molecular weight is 435 g/mol. The highest BCUT2D eigenvalue weighted by Crippen LogP contribution is 2.18. The number of nitrogens with one attached hydrogen (secondary N) is 2. The molecule has 1 saturated heterocycles. The van der Waals surface area contributed by atoms with Crippen LogP contribution in [0.5, 0.6) is 0 Å². The molecule has 30 heavy (non-hydrogen) atoms. The smallest absolute Gasteiger partial charge is 0.242 e. The van der Waals surface area contributed by atoms with Gasteiger partial charge in [-0.25, -0.2) is 0 Å². The molecule has 4 N–H and O–H groups in total. The molecule has 2 rings (SSSR count). The summed E-state index contributed by atoms with van der Waals surface area (Å²) < 4.78 is 0. The Balaban J connectivity index is 1.73. The van der Waals surface area contributed by atoms with E-state index in [0.29, 0.717) is 38.9 Å². The Morgan fingerprint density at radius 3 is 2.43 bits per heavy atom. The van der Waals surface area contributed by atoms with Crippen LogP contribution in [0.2, 0.25) is 0 Å². The zero-order valence-electron chi connectivity index (χ0n) is 18.1. The van der Waals surface area contributed by atoms with E-state index in [9.17, 15) is 14.4 Å². The van der Waals surface area contributed by atoms with Crippen molar-refractivity contribution in [1.29, 1.82) is 0 Å². The minimum absolute atomic E-state index is 0.0354. The molecule has 1 aromatic rings. The molecule has 3 amide bonds. The predicted octanol–water partition coefficient (Wildman–Crippen LogP) is 1.43. The highest BCUT2D eigenvalue weighted by Gasteiger charge is 2.30. The van der Waals surface area contributed by atoms with Gasteiger partial charge < -0.3 is 21.3 Å². The number of nitrogens with two attached hydrogens (primary N) is 1. The number of amides is 3. The number of hydrogen-bond donors (Lipinski definition) is 3. The molecule has 1 heterocycles. The van der Waals surface area contributed by atoms with Gasteiger partial charge in [-0.2, -0.15) is 11.8 Å². The molecule has 7 nitrogen and oxygen atoms in total. The highest BCUT2D eigenvalue weighted by molar-refractivity contribution is 7.98. The van der Waals surface area contributed by atoms with Crippen LogP contribution >= 0.6 is 11.8 Å². The number of aryl methyl sites for hydroxylation is 1. The number of piperidine rings is 1. The summed E-state index contributed by atoms with van der Waals surface area (Å²) in [6, 6.07) is 6.86. The lowest BCUT2D eigenvalue weighted by Gasteiger charge is -2.33. The number of carbonyl (C=O) groups is 3. The van der Waals surface area contributed by atoms with Gasteiger partial charge in [0.1, 0.15) is 6.04 Å². The van der Waals surface area contributed by atoms with Crippen LogP contribution in [-0.4, -0.2) is 59.8 Å². The first kappa shape index (κ1) is 24.2. The number of rotatable bonds is 9. The topological polar surface area (TPSA) is 105 Å². The Morgan fingerprint density at radius 1 is 1.20 bits per heavy atom. The summed E-state index contributed by atoms with van der Waals surface area (Å²) >= 11 is 1.67. The van der Waals surface area contributed by atoms with Crippen molar-refractivity contribution in [3.8, 4) is 0 Å². The first-order valence-corrected chi connectivity index (χ1v) is 11.9. The number of benzene rings is 1. The summed E-state index contributed by atoms with van der Waals surface area (Å²) in [4.78, 5) is 39.0. The molecule has 0 saturated carbocycles. The Bertz CT molecular complexity index is 718. The van der Waals surface area contributed by atoms with Gasteiger partial charge in [0.2, 0.25) is 17.7 Å². The number of nitrogens with zero attached hydrogens (tertiary/aromatic N) is 1. The Labute approximate surface area is 183 Å². The quantitative estimate of drug-likeness (QED) is 0.545. The normalized spacial score (nSPS) is 16.6. The van der Waals surface area contributed by atoms with Crippen molar-refractivity contribution in [3.05, 3.63) is 35.4 Å². The number of thioether (sulfide) groups is 1. The third kappa shape index (κ3) is 7.32. The molecular weight excluding hydrogens is 400 g/mol. The molecule has 0 aromatic heterocycles. The molecule has 1 aliphatic heterocycles. The molecule has 2 atom stereocenters. The Hall–Kier alpha value is -2.06. The second-order valence-corrected chi connectivity index (χ2v) is 8.91. The minimum Gasteiger partial charge on any atom is -0.350 e. The lowest BCUT2D eigenvalue weighted by molar-refractivity contribution is -0.137. The highest BCUT2D eigenvalue weighted by atomic mass is 32.2. The van der Waals surface area contributed by atoms with Crippen LogP contribution in [0.1, 0.15) is 37.3 Å². The van der Waals surface area contributed by atoms with Gasteiger partial charge in [-0.3, -0.25) is 14.4 Å². The summed E-state index contributed by atoms with van der Waals surface area (Å²) in [5.74, 6) is 0.286. The monoisotopic (exact) mass is 434 g/mol. The third-order valence-electron chi connectivity index (χ3n) is 5.47. The molecule has 0 bridgehead atoms. The van der Waals surface area contributed by atoms with Crippen molar-refractivity contribution in [2.24, 2.45) is 11.7 Å². The van der Waals surface area contributed by atoms with Crippen LogP contribution in [0.15, 0.2) is 24.3 Å². The first-order chi connectivity index (χ1) is 14.3. The average Bonchev–Trinajstić information content (AvgIpc) is 2.76. The maximum Gasteiger partial charge on any atom is 0.242 e. The van der Waals surface area contributed by atoms with Gasteiger partial charge in [0, 0.05) is 25.6 Å². The molecule has 166 valence electrons. The summed E-state index contributed by atoms with van der Waals surface area (Å²) in [5.41, 5.74) is 8.16. The fourth-order valence-electron chi connectivity index (χ4n) is 3.41. The zero-order valence-corrected chi connectivity index (χ0v) is 19.0. The molecule has 1 aliphatic rings. The number of hydrogen-bond acceptors (Lipinski definition) is 5. The van der Waals surface area contributed by atoms with Crippen molar-refractivity contribution in [3.63, 3.8) is 0 Å². The summed E-state index contributed by atoms with van der Waals surface area (Å²) in [5, 5.41) is 5.66. The molecule has 0 aliphatic carbocycles. The molecular formula is C22H34N4O3S. The molecule has 1 aromatic carbocycles. The van der Waals surface area contributed by atoms with Crippen LogP contribution in [0.3, 0.4) is 0 Å². The van der Waals surface area contributed by atoms with Crippen molar-refractivity contribution >= 4 is 29.5 Å². The summed E-state index contributed by atoms with van der Waals surface area (Å²) in [7, 11) is 0. The fourth-order valence-corrected chi connectivity index (χ4v) is 3.90. The first-order valence-electron chi connectivity index (χ1n) is 10.5. The van der Waals surface area contributed by atoms with Crippen molar-refractivity contribution in [2.45, 2.75) is 51.7 Å². The maximum absolute atomic E-state index is 12.6. The molecule has 0 unspecified atom stereocenters. The molecule has 0 radical (unpaired) electrons. The number of likely N-dealkylation sites (tertiary alicyclic amines) is 1. The summed E-state index contributed by atoms with van der Waals surface area (Å²) in [6.07, 6.45) is 3.83. The van der Waals surface area contributed by atoms with E-state index in [4.69, 9.17) is 5.73 Å². The zero-order chi connectivity index (χ0) is 22.1. The van der Waals surface area contributed by atoms with Crippen LogP contribution < -0.4 is 16.4 Å². The van der Waals surface area contributed by atoms with E-state index < -0.39 is 12.1 Å². The SMILES string of the molecule is CSCC[C@H](N)C(=O)N1CCC(C(=O)N[C@@H](C)C(=O)NCc2ccc(C)cc2)CC1. The molecule has 1 fully saturated rings. The van der Waals surface area contributed by atoms with Gasteiger partial charge in [-0.15, -0.1) is 0 Å². The van der Waals surface area contributed by atoms with E-state index in [1.807, 2.05) is 37.4 Å². The van der Waals surface area contributed by atoms with E-state index >= 15 is 0 Å². The third-order valence-corrected chi connectivity index (χ3v) is 6.11. The van der Waals surface area contributed by atoms with Gasteiger partial charge in [0.15, 0.2) is 0 Å². The minimum atomic E-state index is -0.609. The summed E-state index contributed by atoms with van der Waals surface area (Å²) in [6.45, 7) is 5.18. The van der Waals surface area contributed by atoms with E-state index in [0.717, 1.165) is 11.3 Å². The van der Waals surface area contributed by atoms with Crippen LogP contribution in [0.25, 0.3) is 0 Å². The van der Waals surface area contributed by atoms with E-state index in [1.54, 1.807) is 23.6 Å². The second kappa shape index (κ2) is 12.0. The molecule has 0 spiro atoms. The number of carbonyl (C=O) groups excluding carboxylic acids is 3. The van der Waals surface area contributed by atoms with Crippen molar-refractivity contribution in [1.82, 2.24) is 15.5 Å². The van der Waals surface area contributed by atoms with E-state index in [2.05, 4.69) is 10.6 Å². The van der Waals surface area contributed by atoms with Crippen LogP contribution in [0.4, 0.5) is 0 Å². The molecule has 8 heteroatoms. The Kier molecular flexibility index (Phi) is 9.65. The van der Waals surface area contributed by atoms with Crippen LogP contribution in [0, 0.1) is 12.8 Å². The van der Waals surface area contributed by atoms with E-state index in [-0.39, 0.29) is 23.6 Å². The fraction of sp³-hybridized carbons (Fsp3) is 0.591. The Morgan fingerprint density at radius 2 is 1.83 bits per heavy atom. The van der Waals surface area contributed by atoms with E-state index in [1.165, 1.54) is 5.56 Å². The van der Waals surface area contributed by atoms with Crippen molar-refractivity contribution in [2.75, 3.05) is 25.1 Å². The second-order valence-electron chi connectivity index (χ2n) is 7.92. The van der Waals surface area contributed by atoms with Gasteiger partial charge in [0.05, 0.1) is 6.04 Å². The van der Waals surface area contributed by atoms with Gasteiger partial charge in [-0.05, 0) is 50.7 Å². The lowest BCUT2D eigenvalue weighted by atomic mass is 9.95. The standard InChI is InChI=1S/C22H34N4O3S/c1-15-4-6-17(7-5-15)14-24-20(27)16(2)25-21(28)18-8-11-26(12-9-18)22(29)19(23)10-13-30-3/h4-7,16,18-19H,8-14,23H2,1-3H3,(H,24,27)(H,25,28)/t16-,19-/m0/s1. The van der Waals surface area contributed by atoms with Crippen molar-refractivity contribution < 1.29 is 14.4 Å². The van der Waals surface area contributed by atoms with Gasteiger partial charge in [0.25, 0.3) is 0 Å².